The number of ether oxygens (including phenoxy) is 1. The summed E-state index contributed by atoms with van der Waals surface area (Å²) in [7, 11) is 0. The summed E-state index contributed by atoms with van der Waals surface area (Å²) in [5.41, 5.74) is 2.32. The first-order chi connectivity index (χ1) is 13.1. The van der Waals surface area contributed by atoms with E-state index in [-0.39, 0.29) is 11.6 Å². The number of hydrazine groups is 1. The van der Waals surface area contributed by atoms with Crippen LogP contribution in [0.3, 0.4) is 0 Å². The lowest BCUT2D eigenvalue weighted by Crippen LogP contribution is -2.99. The van der Waals surface area contributed by atoms with Gasteiger partial charge in [-0.15, -0.1) is 0 Å². The third-order valence-corrected chi connectivity index (χ3v) is 4.63. The molecular weight excluding hydrogens is 346 g/mol. The van der Waals surface area contributed by atoms with E-state index in [1.165, 1.54) is 57.1 Å². The summed E-state index contributed by atoms with van der Waals surface area (Å²) in [6.45, 7) is 2.23. The van der Waals surface area contributed by atoms with Crippen LogP contribution in [-0.2, 0) is 4.79 Å². The maximum Gasteiger partial charge on any atom is 0.274 e. The first-order valence-electron chi connectivity index (χ1n) is 10.1. The fourth-order valence-corrected chi connectivity index (χ4v) is 2.99. The van der Waals surface area contributed by atoms with Crippen molar-refractivity contribution in [1.82, 2.24) is 5.43 Å². The van der Waals surface area contributed by atoms with Crippen molar-refractivity contribution in [2.45, 2.75) is 83.7 Å². The molecule has 1 aromatic rings. The van der Waals surface area contributed by atoms with E-state index < -0.39 is 11.3 Å². The van der Waals surface area contributed by atoms with Crippen molar-refractivity contribution >= 4 is 11.6 Å². The lowest BCUT2D eigenvalue weighted by atomic mass is 10.0. The smallest absolute Gasteiger partial charge is 0.274 e. The highest BCUT2D eigenvalue weighted by atomic mass is 16.8. The van der Waals surface area contributed by atoms with Crippen LogP contribution in [0.1, 0.15) is 77.6 Å². The summed E-state index contributed by atoms with van der Waals surface area (Å²) >= 11 is 0. The molecule has 0 aromatic heterocycles. The highest BCUT2D eigenvalue weighted by molar-refractivity contribution is 5.80. The molecule has 154 valence electrons. The number of nitrogens with one attached hydrogen (secondary N) is 2. The normalized spacial score (nSPS) is 13.2. The zero-order valence-corrected chi connectivity index (χ0v) is 16.4. The molecule has 2 atom stereocenters. The van der Waals surface area contributed by atoms with E-state index in [1.807, 2.05) is 0 Å². The van der Waals surface area contributed by atoms with Gasteiger partial charge in [0.15, 0.2) is 11.8 Å². The molecule has 1 aromatic carbocycles. The first-order valence-corrected chi connectivity index (χ1v) is 10.1. The maximum atomic E-state index is 11.9. The first kappa shape index (κ1) is 23.4. The molecule has 1 unspecified atom stereocenters. The largest absolute Gasteiger partial charge is 0.595 e. The van der Waals surface area contributed by atoms with Crippen LogP contribution in [0.5, 0.6) is 5.75 Å². The minimum absolute atomic E-state index is 0.178. The Bertz CT molecular complexity index is 508. The van der Waals surface area contributed by atoms with Crippen LogP contribution < -0.4 is 21.2 Å². The lowest BCUT2D eigenvalue weighted by Gasteiger charge is -2.18. The molecule has 0 radical (unpaired) electrons. The quantitative estimate of drug-likeness (QED) is 0.161. The number of quaternary nitrogens is 1. The summed E-state index contributed by atoms with van der Waals surface area (Å²) in [5.74, 6) is 5.34. The SMILES string of the molecule is CCCCCCCCCCCC[C@@H](Oc1ccc([NH+]([O-])O)cc1)C(=O)NN. The van der Waals surface area contributed by atoms with E-state index >= 15 is 0 Å². The van der Waals surface area contributed by atoms with Gasteiger partial charge in [-0.1, -0.05) is 64.7 Å². The third-order valence-electron chi connectivity index (χ3n) is 4.63. The average molecular weight is 382 g/mol. The van der Waals surface area contributed by atoms with Crippen LogP contribution in [0.4, 0.5) is 5.69 Å². The van der Waals surface area contributed by atoms with Crippen LogP contribution in [0.2, 0.25) is 0 Å². The van der Waals surface area contributed by atoms with Gasteiger partial charge >= 0.3 is 0 Å². The average Bonchev–Trinajstić information content (AvgIpc) is 2.68. The standard InChI is InChI=1S/C20H35N3O4/c1-2-3-4-5-6-7-8-9-10-11-12-19(20(24)22-21)27-18-15-13-17(14-16-18)23(25)26/h13-16,19,23,25H,2-12,21H2,1H3,(H,22,24)/t19-/m1/s1. The Labute approximate surface area is 162 Å². The van der Waals surface area contributed by atoms with Crippen LogP contribution >= 0.6 is 0 Å². The molecule has 27 heavy (non-hydrogen) atoms. The number of amides is 1. The number of benzene rings is 1. The van der Waals surface area contributed by atoms with Gasteiger partial charge in [0, 0.05) is 12.1 Å². The molecule has 0 saturated carbocycles. The monoisotopic (exact) mass is 381 g/mol. The van der Waals surface area contributed by atoms with Crippen molar-refractivity contribution < 1.29 is 20.0 Å². The van der Waals surface area contributed by atoms with Gasteiger partial charge in [0.25, 0.3) is 5.91 Å². The Kier molecular flexibility index (Phi) is 12.5. The zero-order chi connectivity index (χ0) is 19.9. The number of carbonyl (C=O) groups excluding carboxylic acids is 1. The van der Waals surface area contributed by atoms with E-state index in [0.717, 1.165) is 19.3 Å². The summed E-state index contributed by atoms with van der Waals surface area (Å²) in [4.78, 5) is 11.9. The van der Waals surface area contributed by atoms with E-state index in [2.05, 4.69) is 12.3 Å². The second-order valence-electron chi connectivity index (χ2n) is 6.92. The Morgan fingerprint density at radius 1 is 1.07 bits per heavy atom. The molecule has 0 aliphatic rings. The van der Waals surface area contributed by atoms with Crippen molar-refractivity contribution in [2.24, 2.45) is 5.84 Å². The highest BCUT2D eigenvalue weighted by Gasteiger charge is 2.19. The molecule has 1 rings (SSSR count). The lowest BCUT2D eigenvalue weighted by molar-refractivity contribution is -0.991. The fraction of sp³-hybridized carbons (Fsp3) is 0.650. The van der Waals surface area contributed by atoms with Crippen LogP contribution in [0.15, 0.2) is 24.3 Å². The number of nitrogens with two attached hydrogens (primary N) is 1. The number of unbranched alkanes of at least 4 members (excludes halogenated alkanes) is 9. The van der Waals surface area contributed by atoms with Crippen molar-refractivity contribution in [1.29, 1.82) is 0 Å². The second kappa shape index (κ2) is 14.4. The van der Waals surface area contributed by atoms with E-state index in [4.69, 9.17) is 15.8 Å². The number of carbonyl (C=O) groups is 1. The molecule has 0 heterocycles. The number of hydrogen-bond donors (Lipinski definition) is 4. The topological polar surface area (TPSA) is 112 Å². The minimum Gasteiger partial charge on any atom is -0.595 e. The zero-order valence-electron chi connectivity index (χ0n) is 16.4. The summed E-state index contributed by atoms with van der Waals surface area (Å²) in [6, 6.07) is 6.02. The predicted octanol–water partition coefficient (Wildman–Crippen LogP) is 3.14. The molecule has 0 aliphatic heterocycles. The number of hydrogen-bond acceptors (Lipinski definition) is 5. The van der Waals surface area contributed by atoms with Crippen molar-refractivity contribution in [3.63, 3.8) is 0 Å². The van der Waals surface area contributed by atoms with Gasteiger partial charge in [-0.2, -0.15) is 5.23 Å². The molecule has 0 spiro atoms. The molecule has 0 bridgehead atoms. The van der Waals surface area contributed by atoms with Gasteiger partial charge in [-0.25, -0.2) is 11.0 Å². The highest BCUT2D eigenvalue weighted by Crippen LogP contribution is 2.18. The van der Waals surface area contributed by atoms with E-state index in [9.17, 15) is 10.0 Å². The molecular formula is C20H35N3O4. The van der Waals surface area contributed by atoms with Crippen molar-refractivity contribution in [3.05, 3.63) is 29.5 Å². The molecule has 7 nitrogen and oxygen atoms in total. The Hall–Kier alpha value is -1.67. The summed E-state index contributed by atoms with van der Waals surface area (Å²) in [6.07, 6.45) is 12.2. The molecule has 5 N–H and O–H groups in total. The second-order valence-corrected chi connectivity index (χ2v) is 6.92. The van der Waals surface area contributed by atoms with Crippen molar-refractivity contribution in [2.75, 3.05) is 0 Å². The molecule has 0 fully saturated rings. The van der Waals surface area contributed by atoms with Gasteiger partial charge < -0.3 is 9.94 Å². The predicted molar refractivity (Wildman–Crippen MR) is 105 cm³/mol. The Balaban J connectivity index is 2.27. The van der Waals surface area contributed by atoms with Crippen LogP contribution in [0.25, 0.3) is 0 Å². The molecule has 7 heteroatoms. The Morgan fingerprint density at radius 2 is 1.59 bits per heavy atom. The molecule has 0 aliphatic carbocycles. The van der Waals surface area contributed by atoms with Gasteiger partial charge in [0.1, 0.15) is 5.75 Å². The van der Waals surface area contributed by atoms with Gasteiger partial charge in [-0.3, -0.25) is 10.2 Å². The van der Waals surface area contributed by atoms with Crippen LogP contribution in [-0.4, -0.2) is 17.2 Å². The number of rotatable bonds is 15. The van der Waals surface area contributed by atoms with Gasteiger partial charge in [-0.05, 0) is 25.0 Å². The van der Waals surface area contributed by atoms with E-state index in [1.54, 1.807) is 12.1 Å². The van der Waals surface area contributed by atoms with Gasteiger partial charge in [0.05, 0.1) is 0 Å². The maximum absolute atomic E-state index is 11.9. The fourth-order valence-electron chi connectivity index (χ4n) is 2.99. The minimum atomic E-state index is -0.997. The van der Waals surface area contributed by atoms with E-state index in [0.29, 0.717) is 12.2 Å². The molecule has 1 amide bonds. The summed E-state index contributed by atoms with van der Waals surface area (Å²) < 4.78 is 5.70. The van der Waals surface area contributed by atoms with Crippen LogP contribution in [0, 0.1) is 5.21 Å². The molecule has 0 saturated heterocycles. The third kappa shape index (κ3) is 10.3. The Morgan fingerprint density at radius 3 is 2.07 bits per heavy atom. The van der Waals surface area contributed by atoms with Gasteiger partial charge in [0.2, 0.25) is 0 Å². The summed E-state index contributed by atoms with van der Waals surface area (Å²) in [5, 5.41) is 18.8. The van der Waals surface area contributed by atoms with Crippen molar-refractivity contribution in [3.8, 4) is 5.75 Å².